The molecule has 3 aromatic rings. The molecule has 0 amide bonds. The van der Waals surface area contributed by atoms with Crippen molar-refractivity contribution in [1.29, 1.82) is 0 Å². The first-order chi connectivity index (χ1) is 13.7. The van der Waals surface area contributed by atoms with Crippen molar-refractivity contribution in [2.75, 3.05) is 6.61 Å². The van der Waals surface area contributed by atoms with Gasteiger partial charge in [0, 0.05) is 21.9 Å². The summed E-state index contributed by atoms with van der Waals surface area (Å²) < 4.78 is 10.2. The Balaban J connectivity index is 1.74. The van der Waals surface area contributed by atoms with E-state index in [-0.39, 0.29) is 6.61 Å². The van der Waals surface area contributed by atoms with Gasteiger partial charge in [-0.05, 0) is 50.3 Å². The van der Waals surface area contributed by atoms with Crippen LogP contribution in [-0.4, -0.2) is 22.7 Å². The van der Waals surface area contributed by atoms with Crippen LogP contribution >= 0.6 is 0 Å². The maximum absolute atomic E-state index is 11.7. The van der Waals surface area contributed by atoms with Gasteiger partial charge in [0.1, 0.15) is 0 Å². The summed E-state index contributed by atoms with van der Waals surface area (Å²) in [4.78, 5) is 19.5. The number of ether oxygens (including phenoxy) is 2. The van der Waals surface area contributed by atoms with Crippen molar-refractivity contribution >= 4 is 28.0 Å². The number of benzene rings is 1. The Bertz CT molecular complexity index is 984. The molecule has 1 aromatic carbocycles. The molecule has 2 heterocycles. The first kappa shape index (κ1) is 18.8. The summed E-state index contributed by atoms with van der Waals surface area (Å²) in [6.07, 6.45) is 10.3. The fraction of sp³-hybridized carbons (Fsp3) is 0.478. The number of hydrogen-bond acceptors (Lipinski definition) is 4. The van der Waals surface area contributed by atoms with Crippen LogP contribution in [0.1, 0.15) is 68.9 Å². The number of carbonyl (C=O) groups excluding carboxylic acids is 1. The summed E-state index contributed by atoms with van der Waals surface area (Å²) >= 11 is 0. The summed E-state index contributed by atoms with van der Waals surface area (Å²) in [5.74, 6) is 0.940. The SMILES string of the molecule is CCOC(=O)Oc1ncc2[nH]c3ccc(C4CCCCCCC4)cc3c2c1C. The minimum atomic E-state index is -0.715. The highest BCUT2D eigenvalue weighted by Crippen LogP contribution is 2.36. The van der Waals surface area contributed by atoms with Crippen LogP contribution in [0.2, 0.25) is 0 Å². The van der Waals surface area contributed by atoms with E-state index in [4.69, 9.17) is 9.47 Å². The summed E-state index contributed by atoms with van der Waals surface area (Å²) in [6, 6.07) is 6.76. The second kappa shape index (κ2) is 8.21. The fourth-order valence-corrected chi connectivity index (χ4v) is 4.43. The van der Waals surface area contributed by atoms with Gasteiger partial charge < -0.3 is 14.5 Å². The van der Waals surface area contributed by atoms with E-state index in [0.29, 0.717) is 11.8 Å². The molecule has 1 N–H and O–H groups in total. The Kier molecular flexibility index (Phi) is 5.51. The molecule has 0 unspecified atom stereocenters. The van der Waals surface area contributed by atoms with Crippen LogP contribution in [0.25, 0.3) is 21.8 Å². The molecule has 0 aliphatic heterocycles. The van der Waals surface area contributed by atoms with Crippen LogP contribution in [-0.2, 0) is 4.74 Å². The zero-order valence-electron chi connectivity index (χ0n) is 16.7. The third-order valence-electron chi connectivity index (χ3n) is 5.88. The molecule has 5 heteroatoms. The van der Waals surface area contributed by atoms with Crippen molar-refractivity contribution < 1.29 is 14.3 Å². The summed E-state index contributed by atoms with van der Waals surface area (Å²) in [5.41, 5.74) is 4.31. The Morgan fingerprint density at radius 1 is 1.14 bits per heavy atom. The minimum Gasteiger partial charge on any atom is -0.434 e. The van der Waals surface area contributed by atoms with Crippen molar-refractivity contribution in [2.45, 2.75) is 64.7 Å². The van der Waals surface area contributed by atoms with Crippen LogP contribution in [0.3, 0.4) is 0 Å². The third kappa shape index (κ3) is 3.71. The van der Waals surface area contributed by atoms with Crippen LogP contribution in [0.4, 0.5) is 4.79 Å². The fourth-order valence-electron chi connectivity index (χ4n) is 4.43. The van der Waals surface area contributed by atoms with Crippen LogP contribution < -0.4 is 4.74 Å². The lowest BCUT2D eigenvalue weighted by molar-refractivity contribution is 0.102. The van der Waals surface area contributed by atoms with E-state index in [1.807, 2.05) is 6.92 Å². The standard InChI is InChI=1S/C23H28N2O3/c1-3-27-23(26)28-22-15(2)21-18-13-17(16-9-7-5-4-6-8-10-16)11-12-19(18)25-20(21)14-24-22/h11-14,16,25H,3-10H2,1-2H3. The second-order valence-electron chi connectivity index (χ2n) is 7.73. The van der Waals surface area contributed by atoms with Gasteiger partial charge in [-0.25, -0.2) is 9.78 Å². The van der Waals surface area contributed by atoms with E-state index >= 15 is 0 Å². The molecule has 0 spiro atoms. The van der Waals surface area contributed by atoms with E-state index in [2.05, 4.69) is 28.2 Å². The molecular weight excluding hydrogens is 352 g/mol. The Labute approximate surface area is 165 Å². The van der Waals surface area contributed by atoms with Crippen LogP contribution in [0.15, 0.2) is 24.4 Å². The number of hydrogen-bond donors (Lipinski definition) is 1. The smallest absolute Gasteiger partial charge is 0.434 e. The highest BCUT2D eigenvalue weighted by atomic mass is 16.7. The van der Waals surface area contributed by atoms with Crippen molar-refractivity contribution in [1.82, 2.24) is 9.97 Å². The van der Waals surface area contributed by atoms with E-state index in [1.165, 1.54) is 55.9 Å². The van der Waals surface area contributed by atoms with Crippen molar-refractivity contribution in [3.05, 3.63) is 35.5 Å². The molecule has 4 rings (SSSR count). The predicted molar refractivity (Wildman–Crippen MR) is 111 cm³/mol. The van der Waals surface area contributed by atoms with Gasteiger partial charge in [-0.15, -0.1) is 0 Å². The van der Waals surface area contributed by atoms with Crippen molar-refractivity contribution in [2.24, 2.45) is 0 Å². The van der Waals surface area contributed by atoms with Crippen molar-refractivity contribution in [3.63, 3.8) is 0 Å². The van der Waals surface area contributed by atoms with Gasteiger partial charge in [-0.2, -0.15) is 0 Å². The molecule has 5 nitrogen and oxygen atoms in total. The van der Waals surface area contributed by atoms with Gasteiger partial charge in [0.2, 0.25) is 5.88 Å². The third-order valence-corrected chi connectivity index (χ3v) is 5.88. The maximum atomic E-state index is 11.7. The lowest BCUT2D eigenvalue weighted by Crippen LogP contribution is -2.11. The number of fused-ring (bicyclic) bond motifs is 3. The van der Waals surface area contributed by atoms with Gasteiger partial charge in [0.15, 0.2) is 0 Å². The average molecular weight is 380 g/mol. The molecule has 1 saturated carbocycles. The number of pyridine rings is 1. The molecule has 148 valence electrons. The predicted octanol–water partition coefficient (Wildman–Crippen LogP) is 6.39. The highest BCUT2D eigenvalue weighted by molar-refractivity contribution is 6.09. The number of aromatic amines is 1. The summed E-state index contributed by atoms with van der Waals surface area (Å²) in [6.45, 7) is 3.97. The van der Waals surface area contributed by atoms with Crippen molar-refractivity contribution in [3.8, 4) is 5.88 Å². The number of aromatic nitrogens is 2. The minimum absolute atomic E-state index is 0.276. The zero-order chi connectivity index (χ0) is 19.5. The number of rotatable bonds is 3. The molecule has 28 heavy (non-hydrogen) atoms. The van der Waals surface area contributed by atoms with E-state index < -0.39 is 6.16 Å². The molecule has 1 fully saturated rings. The largest absolute Gasteiger partial charge is 0.515 e. The summed E-state index contributed by atoms with van der Waals surface area (Å²) in [5, 5.41) is 2.24. The van der Waals surface area contributed by atoms with Gasteiger partial charge in [0.05, 0.1) is 18.3 Å². The van der Waals surface area contributed by atoms with Crippen LogP contribution in [0, 0.1) is 6.92 Å². The quantitative estimate of drug-likeness (QED) is 0.535. The number of H-pyrrole nitrogens is 1. The number of aryl methyl sites for hydroxylation is 1. The Morgan fingerprint density at radius 3 is 2.64 bits per heavy atom. The monoisotopic (exact) mass is 380 g/mol. The molecular formula is C23H28N2O3. The maximum Gasteiger partial charge on any atom is 0.515 e. The number of nitrogens with one attached hydrogen (secondary N) is 1. The lowest BCUT2D eigenvalue weighted by Gasteiger charge is -2.20. The number of nitrogens with zero attached hydrogens (tertiary/aromatic N) is 1. The van der Waals surface area contributed by atoms with Gasteiger partial charge in [-0.3, -0.25) is 0 Å². The van der Waals surface area contributed by atoms with E-state index in [9.17, 15) is 4.79 Å². The second-order valence-corrected chi connectivity index (χ2v) is 7.73. The Morgan fingerprint density at radius 2 is 1.89 bits per heavy atom. The van der Waals surface area contributed by atoms with Gasteiger partial charge >= 0.3 is 6.16 Å². The van der Waals surface area contributed by atoms with Gasteiger partial charge in [0.25, 0.3) is 0 Å². The van der Waals surface area contributed by atoms with Crippen LogP contribution in [0.5, 0.6) is 5.88 Å². The van der Waals surface area contributed by atoms with E-state index in [0.717, 1.165) is 22.0 Å². The highest BCUT2D eigenvalue weighted by Gasteiger charge is 2.18. The molecule has 1 aliphatic rings. The molecule has 0 atom stereocenters. The molecule has 2 aromatic heterocycles. The first-order valence-electron chi connectivity index (χ1n) is 10.4. The zero-order valence-corrected chi connectivity index (χ0v) is 16.7. The number of carbonyl (C=O) groups is 1. The molecule has 0 bridgehead atoms. The molecule has 1 aliphatic carbocycles. The normalized spacial score (nSPS) is 16.1. The van der Waals surface area contributed by atoms with E-state index in [1.54, 1.807) is 13.1 Å². The summed E-state index contributed by atoms with van der Waals surface area (Å²) in [7, 11) is 0. The molecule has 0 saturated heterocycles. The molecule has 0 radical (unpaired) electrons. The topological polar surface area (TPSA) is 64.2 Å². The first-order valence-corrected chi connectivity index (χ1v) is 10.4. The van der Waals surface area contributed by atoms with Gasteiger partial charge in [-0.1, -0.05) is 38.2 Å². The Hall–Kier alpha value is -2.56. The average Bonchev–Trinajstić information content (AvgIpc) is 3.02. The lowest BCUT2D eigenvalue weighted by atomic mass is 9.85.